The molecule has 1 aromatic heterocycles. The molecule has 300 valence electrons. The summed E-state index contributed by atoms with van der Waals surface area (Å²) in [5, 5.41) is 14.6. The molecule has 0 spiro atoms. The number of morpholine rings is 1. The van der Waals surface area contributed by atoms with Crippen molar-refractivity contribution in [1.82, 2.24) is 34.9 Å². The number of aliphatic hydroxyl groups excluding tert-OH is 1. The molecule has 3 N–H and O–H groups in total. The molecule has 5 amide bonds. The van der Waals surface area contributed by atoms with Crippen molar-refractivity contribution in [3.8, 4) is 0 Å². The van der Waals surface area contributed by atoms with Gasteiger partial charge in [0.05, 0.1) is 37.4 Å². The second-order valence-corrected chi connectivity index (χ2v) is 15.4. The highest BCUT2D eigenvalue weighted by atomic mass is 16.6. The lowest BCUT2D eigenvalue weighted by Gasteiger charge is -2.34. The zero-order valence-corrected chi connectivity index (χ0v) is 33.0. The Morgan fingerprint density at radius 1 is 0.981 bits per heavy atom. The number of likely N-dealkylation sites (N-methyl/N-ethyl adjacent to an activating group) is 3. The van der Waals surface area contributed by atoms with Crippen LogP contribution in [0.5, 0.6) is 0 Å². The number of carbonyl (C=O) groups is 4. The second kappa shape index (κ2) is 21.7. The maximum Gasteiger partial charge on any atom is 0.410 e. The van der Waals surface area contributed by atoms with Crippen LogP contribution < -0.4 is 5.32 Å². The lowest BCUT2D eigenvalue weighted by Crippen LogP contribution is -2.56. The van der Waals surface area contributed by atoms with Crippen LogP contribution in [-0.2, 0) is 31.9 Å². The lowest BCUT2D eigenvalue weighted by molar-refractivity contribution is -0.146. The Kier molecular flexibility index (Phi) is 17.1. The van der Waals surface area contributed by atoms with E-state index in [0.717, 1.165) is 37.7 Å². The molecule has 1 aromatic carbocycles. The van der Waals surface area contributed by atoms with Crippen LogP contribution in [0.4, 0.5) is 9.59 Å². The summed E-state index contributed by atoms with van der Waals surface area (Å²) in [5.74, 6) is -0.122. The molecule has 0 unspecified atom stereocenters. The maximum absolute atomic E-state index is 14.4. The fourth-order valence-electron chi connectivity index (χ4n) is 7.17. The number of imidazole rings is 1. The summed E-state index contributed by atoms with van der Waals surface area (Å²) in [5.41, 5.74) is 1.37. The van der Waals surface area contributed by atoms with E-state index in [9.17, 15) is 24.3 Å². The highest BCUT2D eigenvalue weighted by Gasteiger charge is 2.37. The fraction of sp³-hybridized carbons (Fsp3) is 0.675. The largest absolute Gasteiger partial charge is 0.436 e. The molecule has 0 bridgehead atoms. The molecule has 1 aliphatic carbocycles. The molecule has 14 nitrogen and oxygen atoms in total. The van der Waals surface area contributed by atoms with Crippen molar-refractivity contribution in [2.45, 2.75) is 102 Å². The summed E-state index contributed by atoms with van der Waals surface area (Å²) in [6.45, 7) is 6.67. The van der Waals surface area contributed by atoms with Crippen LogP contribution in [-0.4, -0.2) is 143 Å². The van der Waals surface area contributed by atoms with Crippen molar-refractivity contribution < 1.29 is 33.8 Å². The van der Waals surface area contributed by atoms with Gasteiger partial charge >= 0.3 is 12.1 Å². The van der Waals surface area contributed by atoms with Crippen LogP contribution in [0.2, 0.25) is 0 Å². The first-order valence-corrected chi connectivity index (χ1v) is 19.7. The van der Waals surface area contributed by atoms with Crippen molar-refractivity contribution in [3.63, 3.8) is 0 Å². The van der Waals surface area contributed by atoms with E-state index in [-0.39, 0.29) is 32.0 Å². The first kappa shape index (κ1) is 42.6. The van der Waals surface area contributed by atoms with E-state index in [1.165, 1.54) is 22.5 Å². The lowest BCUT2D eigenvalue weighted by atomic mass is 9.83. The number of amides is 5. The summed E-state index contributed by atoms with van der Waals surface area (Å²) in [6, 6.07) is 7.66. The standard InChI is InChI=1S/C40H63N7O7/c1-29(2)16-17-35(48)33(24-30-12-8-6-9-13-30)43-37(49)34(26-32-27-41-28-42-32)46(5)38(50)36(25-31-14-10-7-11-15-31)54-40(52)45(4)19-18-44(3)39(51)47-20-22-53-23-21-47/h7,10-11,14-15,27-30,33-36,48H,6,8-9,12-13,16-26H2,1-5H3,(H,41,42)(H,43,49)/t33-,34-,35-,36-/m0/s1. The minimum Gasteiger partial charge on any atom is -0.436 e. The topological polar surface area (TPSA) is 161 Å². The van der Waals surface area contributed by atoms with Crippen LogP contribution in [0.3, 0.4) is 0 Å². The number of aromatic nitrogens is 2. The van der Waals surface area contributed by atoms with Gasteiger partial charge in [-0.2, -0.15) is 0 Å². The van der Waals surface area contributed by atoms with Gasteiger partial charge in [0.1, 0.15) is 6.04 Å². The van der Waals surface area contributed by atoms with Crippen LogP contribution in [0.15, 0.2) is 42.9 Å². The number of urea groups is 1. The third-order valence-electron chi connectivity index (χ3n) is 10.7. The van der Waals surface area contributed by atoms with Gasteiger partial charge in [-0.25, -0.2) is 14.6 Å². The SMILES string of the molecule is CC(C)CC[C@H](O)[C@H](CC1CCCCC1)NC(=O)[C@H](Cc1c[nH]cn1)N(C)C(=O)[C@H](Cc1ccccc1)OC(=O)N(C)CCN(C)C(=O)N1CCOCC1. The van der Waals surface area contributed by atoms with Crippen molar-refractivity contribution in [3.05, 3.63) is 54.1 Å². The van der Waals surface area contributed by atoms with E-state index >= 15 is 0 Å². The molecule has 4 atom stereocenters. The first-order valence-electron chi connectivity index (χ1n) is 19.7. The number of nitrogens with one attached hydrogen (secondary N) is 2. The van der Waals surface area contributed by atoms with Crippen molar-refractivity contribution in [2.75, 3.05) is 60.5 Å². The number of rotatable bonds is 18. The van der Waals surface area contributed by atoms with E-state index < -0.39 is 42.2 Å². The minimum atomic E-state index is -1.25. The Morgan fingerprint density at radius 3 is 2.31 bits per heavy atom. The average molecular weight is 754 g/mol. The predicted octanol–water partition coefficient (Wildman–Crippen LogP) is 4.10. The number of hydrogen-bond acceptors (Lipinski definition) is 8. The van der Waals surface area contributed by atoms with Gasteiger partial charge in [-0.15, -0.1) is 0 Å². The zero-order valence-electron chi connectivity index (χ0n) is 33.0. The molecular weight excluding hydrogens is 690 g/mol. The van der Waals surface area contributed by atoms with E-state index in [1.54, 1.807) is 37.1 Å². The van der Waals surface area contributed by atoms with Crippen LogP contribution in [0, 0.1) is 11.8 Å². The molecule has 1 saturated heterocycles. The Labute approximate surface area is 320 Å². The molecule has 4 rings (SSSR count). The molecule has 2 aliphatic rings. The molecule has 14 heteroatoms. The minimum absolute atomic E-state index is 0.0912. The van der Waals surface area contributed by atoms with Crippen LogP contribution in [0.1, 0.15) is 76.5 Å². The Balaban J connectivity index is 1.50. The van der Waals surface area contributed by atoms with Crippen LogP contribution >= 0.6 is 0 Å². The second-order valence-electron chi connectivity index (χ2n) is 15.4. The number of nitrogens with zero attached hydrogens (tertiary/aromatic N) is 5. The van der Waals surface area contributed by atoms with E-state index in [1.807, 2.05) is 30.3 Å². The third kappa shape index (κ3) is 13.3. The van der Waals surface area contributed by atoms with E-state index in [4.69, 9.17) is 9.47 Å². The van der Waals surface area contributed by atoms with E-state index in [0.29, 0.717) is 56.7 Å². The predicted molar refractivity (Wildman–Crippen MR) is 206 cm³/mol. The highest BCUT2D eigenvalue weighted by molar-refractivity contribution is 5.90. The fourth-order valence-corrected chi connectivity index (χ4v) is 7.17. The molecular formula is C40H63N7O7. The van der Waals surface area contributed by atoms with Crippen LogP contribution in [0.25, 0.3) is 0 Å². The highest BCUT2D eigenvalue weighted by Crippen LogP contribution is 2.29. The summed E-state index contributed by atoms with van der Waals surface area (Å²) in [7, 11) is 4.79. The Morgan fingerprint density at radius 2 is 1.67 bits per heavy atom. The molecule has 2 heterocycles. The van der Waals surface area contributed by atoms with Crippen molar-refractivity contribution in [2.24, 2.45) is 11.8 Å². The average Bonchev–Trinajstić information content (AvgIpc) is 3.71. The summed E-state index contributed by atoms with van der Waals surface area (Å²) in [6.07, 6.45) is 8.42. The Bertz CT molecular complexity index is 1430. The van der Waals surface area contributed by atoms with Gasteiger partial charge in [0.15, 0.2) is 6.10 Å². The van der Waals surface area contributed by atoms with Gasteiger partial charge < -0.3 is 44.5 Å². The van der Waals surface area contributed by atoms with E-state index in [2.05, 4.69) is 29.1 Å². The van der Waals surface area contributed by atoms with Gasteiger partial charge in [0.25, 0.3) is 5.91 Å². The van der Waals surface area contributed by atoms with Gasteiger partial charge in [-0.3, -0.25) is 9.59 Å². The van der Waals surface area contributed by atoms with Crippen molar-refractivity contribution in [1.29, 1.82) is 0 Å². The normalized spacial score (nSPS) is 17.3. The summed E-state index contributed by atoms with van der Waals surface area (Å²) in [4.78, 5) is 68.4. The summed E-state index contributed by atoms with van der Waals surface area (Å²) >= 11 is 0. The Hall–Kier alpha value is -4.17. The molecule has 2 aromatic rings. The smallest absolute Gasteiger partial charge is 0.410 e. The quantitative estimate of drug-likeness (QED) is 0.205. The number of benzene rings is 1. The molecule has 1 saturated carbocycles. The van der Waals surface area contributed by atoms with Gasteiger partial charge in [0.2, 0.25) is 5.91 Å². The number of aliphatic hydroxyl groups is 1. The first-order chi connectivity index (χ1) is 25.9. The van der Waals surface area contributed by atoms with Gasteiger partial charge in [-0.1, -0.05) is 76.3 Å². The summed E-state index contributed by atoms with van der Waals surface area (Å²) < 4.78 is 11.3. The number of H-pyrrole nitrogens is 1. The zero-order chi connectivity index (χ0) is 39.0. The number of hydrogen-bond donors (Lipinski definition) is 3. The molecule has 2 fully saturated rings. The molecule has 54 heavy (non-hydrogen) atoms. The monoisotopic (exact) mass is 753 g/mol. The number of carbonyl (C=O) groups excluding carboxylic acids is 4. The van der Waals surface area contributed by atoms with Gasteiger partial charge in [-0.05, 0) is 36.7 Å². The molecule has 1 aliphatic heterocycles. The molecule has 0 radical (unpaired) electrons. The van der Waals surface area contributed by atoms with Gasteiger partial charge in [0, 0.05) is 66.4 Å². The van der Waals surface area contributed by atoms with Crippen molar-refractivity contribution >= 4 is 23.9 Å². The number of aromatic amines is 1. The number of ether oxygens (including phenoxy) is 2. The third-order valence-corrected chi connectivity index (χ3v) is 10.7. The maximum atomic E-state index is 14.4.